The molecule has 3 heteroatoms. The summed E-state index contributed by atoms with van der Waals surface area (Å²) in [4.78, 5) is 0. The van der Waals surface area contributed by atoms with Gasteiger partial charge >= 0.3 is 0 Å². The van der Waals surface area contributed by atoms with Gasteiger partial charge in [0.15, 0.2) is 0 Å². The van der Waals surface area contributed by atoms with E-state index in [-0.39, 0.29) is 0 Å². The summed E-state index contributed by atoms with van der Waals surface area (Å²) in [5, 5.41) is 13.0. The maximum atomic E-state index is 9.69. The number of aryl methyl sites for hydroxylation is 1. The molecule has 0 amide bonds. The number of hydrogen-bond donors (Lipinski definition) is 2. The summed E-state index contributed by atoms with van der Waals surface area (Å²) in [5.74, 6) is 0.366. The summed E-state index contributed by atoms with van der Waals surface area (Å²) >= 11 is 0. The summed E-state index contributed by atoms with van der Waals surface area (Å²) in [6.07, 6.45) is 5.56. The molecule has 1 fully saturated rings. The van der Waals surface area contributed by atoms with Gasteiger partial charge < -0.3 is 15.2 Å². The van der Waals surface area contributed by atoms with Crippen molar-refractivity contribution in [3.63, 3.8) is 0 Å². The van der Waals surface area contributed by atoms with Crippen LogP contribution in [0, 0.1) is 6.92 Å². The number of phenols is 1. The average molecular weight is 249 g/mol. The first-order valence-corrected chi connectivity index (χ1v) is 6.86. The fourth-order valence-electron chi connectivity index (χ4n) is 2.43. The molecule has 1 aliphatic rings. The van der Waals surface area contributed by atoms with E-state index in [1.54, 1.807) is 6.07 Å². The zero-order valence-electron chi connectivity index (χ0n) is 11.1. The Bertz CT molecular complexity index is 373. The molecule has 0 aromatic heterocycles. The molecular weight excluding hydrogens is 226 g/mol. The number of phenolic OH excluding ortho intramolecular Hbond substituents is 1. The Kier molecular flexibility index (Phi) is 5.02. The number of aromatic hydroxyl groups is 1. The monoisotopic (exact) mass is 249 g/mol. The zero-order chi connectivity index (χ0) is 12.8. The van der Waals surface area contributed by atoms with Gasteiger partial charge in [-0.3, -0.25) is 0 Å². The molecule has 2 N–H and O–H groups in total. The number of benzene rings is 1. The molecule has 0 spiro atoms. The lowest BCUT2D eigenvalue weighted by Crippen LogP contribution is -2.22. The van der Waals surface area contributed by atoms with Crippen molar-refractivity contribution in [1.82, 2.24) is 5.32 Å². The average Bonchev–Trinajstić information content (AvgIpc) is 2.86. The molecule has 2 rings (SSSR count). The quantitative estimate of drug-likeness (QED) is 0.762. The summed E-state index contributed by atoms with van der Waals surface area (Å²) < 4.78 is 5.77. The molecule has 0 saturated heterocycles. The molecule has 1 aliphatic carbocycles. The van der Waals surface area contributed by atoms with E-state index in [0.29, 0.717) is 18.4 Å². The fraction of sp³-hybridized carbons (Fsp3) is 0.600. The SMILES string of the molecule is Cc1ccc(O)c(CNCCOC2CCCC2)c1. The number of nitrogens with one attached hydrogen (secondary N) is 1. The maximum absolute atomic E-state index is 9.69. The molecule has 1 aromatic rings. The van der Waals surface area contributed by atoms with Crippen LogP contribution in [0.5, 0.6) is 5.75 Å². The largest absolute Gasteiger partial charge is 0.508 e. The van der Waals surface area contributed by atoms with Gasteiger partial charge in [0, 0.05) is 18.7 Å². The molecule has 1 aromatic carbocycles. The highest BCUT2D eigenvalue weighted by atomic mass is 16.5. The van der Waals surface area contributed by atoms with Crippen molar-refractivity contribution in [2.24, 2.45) is 0 Å². The lowest BCUT2D eigenvalue weighted by molar-refractivity contribution is 0.0602. The van der Waals surface area contributed by atoms with Crippen molar-refractivity contribution in [3.05, 3.63) is 29.3 Å². The molecule has 0 atom stereocenters. The van der Waals surface area contributed by atoms with Crippen LogP contribution in [0.15, 0.2) is 18.2 Å². The predicted octanol–water partition coefficient (Wildman–Crippen LogP) is 2.75. The van der Waals surface area contributed by atoms with Gasteiger partial charge in [0.1, 0.15) is 5.75 Å². The van der Waals surface area contributed by atoms with Gasteiger partial charge in [-0.05, 0) is 25.8 Å². The molecule has 100 valence electrons. The van der Waals surface area contributed by atoms with Crippen molar-refractivity contribution in [2.75, 3.05) is 13.2 Å². The third-order valence-corrected chi connectivity index (χ3v) is 3.49. The molecule has 3 nitrogen and oxygen atoms in total. The third-order valence-electron chi connectivity index (χ3n) is 3.49. The summed E-state index contributed by atoms with van der Waals surface area (Å²) in [6, 6.07) is 5.68. The second-order valence-electron chi connectivity index (χ2n) is 5.09. The van der Waals surface area contributed by atoms with Crippen molar-refractivity contribution < 1.29 is 9.84 Å². The Morgan fingerprint density at radius 3 is 2.89 bits per heavy atom. The lowest BCUT2D eigenvalue weighted by atomic mass is 10.1. The summed E-state index contributed by atoms with van der Waals surface area (Å²) in [7, 11) is 0. The summed E-state index contributed by atoms with van der Waals surface area (Å²) in [6.45, 7) is 4.33. The highest BCUT2D eigenvalue weighted by molar-refractivity contribution is 5.35. The van der Waals surface area contributed by atoms with Gasteiger partial charge in [-0.2, -0.15) is 0 Å². The van der Waals surface area contributed by atoms with Crippen LogP contribution < -0.4 is 5.32 Å². The Morgan fingerprint density at radius 1 is 1.33 bits per heavy atom. The fourth-order valence-corrected chi connectivity index (χ4v) is 2.43. The van der Waals surface area contributed by atoms with Crippen LogP contribution in [0.4, 0.5) is 0 Å². The Morgan fingerprint density at radius 2 is 2.11 bits per heavy atom. The van der Waals surface area contributed by atoms with E-state index in [9.17, 15) is 5.11 Å². The van der Waals surface area contributed by atoms with Crippen molar-refractivity contribution >= 4 is 0 Å². The first-order valence-electron chi connectivity index (χ1n) is 6.86. The molecule has 0 unspecified atom stereocenters. The maximum Gasteiger partial charge on any atom is 0.120 e. The molecular formula is C15H23NO2. The second kappa shape index (κ2) is 6.76. The van der Waals surface area contributed by atoms with Crippen LogP contribution in [0.25, 0.3) is 0 Å². The molecule has 1 saturated carbocycles. The van der Waals surface area contributed by atoms with Crippen LogP contribution in [0.3, 0.4) is 0 Å². The molecule has 18 heavy (non-hydrogen) atoms. The smallest absolute Gasteiger partial charge is 0.120 e. The van der Waals surface area contributed by atoms with E-state index in [0.717, 1.165) is 18.7 Å². The lowest BCUT2D eigenvalue weighted by Gasteiger charge is -2.12. The van der Waals surface area contributed by atoms with E-state index in [2.05, 4.69) is 5.32 Å². The summed E-state index contributed by atoms with van der Waals surface area (Å²) in [5.41, 5.74) is 2.13. The van der Waals surface area contributed by atoms with Crippen LogP contribution in [0.2, 0.25) is 0 Å². The molecule has 0 heterocycles. The van der Waals surface area contributed by atoms with Crippen molar-refractivity contribution in [2.45, 2.75) is 45.3 Å². The van der Waals surface area contributed by atoms with Gasteiger partial charge in [0.2, 0.25) is 0 Å². The minimum atomic E-state index is 0.366. The first-order chi connectivity index (χ1) is 8.75. The van der Waals surface area contributed by atoms with Gasteiger partial charge in [0.05, 0.1) is 12.7 Å². The zero-order valence-corrected chi connectivity index (χ0v) is 11.1. The molecule has 0 radical (unpaired) electrons. The van der Waals surface area contributed by atoms with Crippen molar-refractivity contribution in [3.8, 4) is 5.75 Å². The van der Waals surface area contributed by atoms with Gasteiger partial charge in [-0.1, -0.05) is 30.5 Å². The highest BCUT2D eigenvalue weighted by Gasteiger charge is 2.14. The van der Waals surface area contributed by atoms with Crippen LogP contribution in [-0.2, 0) is 11.3 Å². The van der Waals surface area contributed by atoms with Gasteiger partial charge in [0.25, 0.3) is 0 Å². The third kappa shape index (κ3) is 4.00. The highest BCUT2D eigenvalue weighted by Crippen LogP contribution is 2.20. The minimum Gasteiger partial charge on any atom is -0.508 e. The van der Waals surface area contributed by atoms with Crippen molar-refractivity contribution in [1.29, 1.82) is 0 Å². The molecule has 0 aliphatic heterocycles. The van der Waals surface area contributed by atoms with Gasteiger partial charge in [-0.15, -0.1) is 0 Å². The van der Waals surface area contributed by atoms with E-state index in [1.165, 1.54) is 31.2 Å². The number of hydrogen-bond acceptors (Lipinski definition) is 3. The van der Waals surface area contributed by atoms with Crippen LogP contribution in [-0.4, -0.2) is 24.4 Å². The van der Waals surface area contributed by atoms with E-state index >= 15 is 0 Å². The van der Waals surface area contributed by atoms with E-state index in [1.807, 2.05) is 19.1 Å². The van der Waals surface area contributed by atoms with E-state index in [4.69, 9.17) is 4.74 Å². The standard InChI is InChI=1S/C15H23NO2/c1-12-6-7-15(17)13(10-12)11-16-8-9-18-14-4-2-3-5-14/h6-7,10,14,16-17H,2-5,8-9,11H2,1H3. The Balaban J connectivity index is 1.64. The Labute approximate surface area is 109 Å². The predicted molar refractivity (Wildman–Crippen MR) is 72.8 cm³/mol. The van der Waals surface area contributed by atoms with Crippen LogP contribution >= 0.6 is 0 Å². The molecule has 0 bridgehead atoms. The Hall–Kier alpha value is -1.06. The van der Waals surface area contributed by atoms with E-state index < -0.39 is 0 Å². The number of rotatable bonds is 6. The second-order valence-corrected chi connectivity index (χ2v) is 5.09. The number of ether oxygens (including phenoxy) is 1. The topological polar surface area (TPSA) is 41.5 Å². The first kappa shape index (κ1) is 13.4. The van der Waals surface area contributed by atoms with Gasteiger partial charge in [-0.25, -0.2) is 0 Å². The van der Waals surface area contributed by atoms with Crippen LogP contribution in [0.1, 0.15) is 36.8 Å². The minimum absolute atomic E-state index is 0.366. The normalized spacial score (nSPS) is 16.3.